The molecule has 0 bridgehead atoms. The number of hydrogen-bond acceptors (Lipinski definition) is 0. The van der Waals surface area contributed by atoms with Crippen LogP contribution in [0.1, 0.15) is 80.4 Å². The van der Waals surface area contributed by atoms with Crippen molar-refractivity contribution in [2.24, 2.45) is 10.8 Å². The van der Waals surface area contributed by atoms with Gasteiger partial charge < -0.3 is 0 Å². The van der Waals surface area contributed by atoms with E-state index in [4.69, 9.17) is 0 Å². The fourth-order valence-electron chi connectivity index (χ4n) is 5.39. The molecule has 2 aromatic carbocycles. The van der Waals surface area contributed by atoms with Gasteiger partial charge in [0.05, 0.1) is 0 Å². The molecule has 35 heavy (non-hydrogen) atoms. The van der Waals surface area contributed by atoms with Crippen LogP contribution in [-0.4, -0.2) is 0 Å². The summed E-state index contributed by atoms with van der Waals surface area (Å²) in [6, 6.07) is 21.2. The van der Waals surface area contributed by atoms with Crippen LogP contribution < -0.4 is 0 Å². The number of benzene rings is 2. The molecule has 1 heteroatoms. The average molecular weight is 544 g/mol. The molecule has 0 aliphatic heterocycles. The molecule has 2 aliphatic rings. The molecule has 0 saturated heterocycles. The Morgan fingerprint density at radius 3 is 1.06 bits per heavy atom. The van der Waals surface area contributed by atoms with Crippen molar-refractivity contribution in [3.05, 3.63) is 112 Å². The molecule has 0 amide bonds. The van der Waals surface area contributed by atoms with Crippen LogP contribution in [0.5, 0.6) is 0 Å². The summed E-state index contributed by atoms with van der Waals surface area (Å²) < 4.78 is 3.59. The van der Waals surface area contributed by atoms with E-state index in [1.54, 1.807) is 40.0 Å². The summed E-state index contributed by atoms with van der Waals surface area (Å²) in [7, 11) is 0. The van der Waals surface area contributed by atoms with Crippen molar-refractivity contribution >= 4 is 0 Å². The van der Waals surface area contributed by atoms with E-state index in [0.29, 0.717) is 0 Å². The maximum Gasteiger partial charge on any atom is -0.0238 e. The molecule has 184 valence electrons. The summed E-state index contributed by atoms with van der Waals surface area (Å²) in [6.45, 7) is 23.7. The second kappa shape index (κ2) is 11.1. The molecule has 0 radical (unpaired) electrons. The first-order valence-corrected chi connectivity index (χ1v) is 15.5. The first-order valence-electron chi connectivity index (χ1n) is 13.0. The Kier molecular flexibility index (Phi) is 8.86. The number of rotatable bonds is 5. The van der Waals surface area contributed by atoms with Gasteiger partial charge in [0.2, 0.25) is 0 Å². The Balaban J connectivity index is 0.000000211. The van der Waals surface area contributed by atoms with E-state index >= 15 is 0 Å². The Bertz CT molecular complexity index is 1090. The molecular weight excluding hydrogens is 500 g/mol. The molecule has 0 saturated carbocycles. The molecule has 0 N–H and O–H groups in total. The van der Waals surface area contributed by atoms with Gasteiger partial charge in [-0.3, -0.25) is 0 Å². The molecule has 0 atom stereocenters. The van der Waals surface area contributed by atoms with E-state index in [9.17, 15) is 0 Å². The first-order chi connectivity index (χ1) is 16.4. The third kappa shape index (κ3) is 5.83. The van der Waals surface area contributed by atoms with Gasteiger partial charge in [0, 0.05) is 0 Å². The van der Waals surface area contributed by atoms with Crippen LogP contribution in [-0.2, 0) is 36.1 Å². The Morgan fingerprint density at radius 2 is 0.800 bits per heavy atom. The zero-order chi connectivity index (χ0) is 26.0. The summed E-state index contributed by atoms with van der Waals surface area (Å²) in [5.74, 6) is 0. The monoisotopic (exact) mass is 542 g/mol. The van der Waals surface area contributed by atoms with Crippen molar-refractivity contribution in [2.45, 2.75) is 82.1 Å². The number of aryl methyl sites for hydroxylation is 2. The third-order valence-electron chi connectivity index (χ3n) is 8.76. The zero-order valence-corrected chi connectivity index (χ0v) is 26.1. The van der Waals surface area contributed by atoms with Gasteiger partial charge in [0.25, 0.3) is 0 Å². The molecule has 4 rings (SSSR count). The van der Waals surface area contributed by atoms with Crippen LogP contribution in [0.15, 0.2) is 101 Å². The minimum atomic E-state index is -0.730. The van der Waals surface area contributed by atoms with Gasteiger partial charge in [-0.1, -0.05) is 60.7 Å². The quantitative estimate of drug-likeness (QED) is 0.352. The van der Waals surface area contributed by atoms with E-state index in [0.717, 1.165) is 12.8 Å². The van der Waals surface area contributed by atoms with Crippen molar-refractivity contribution in [1.82, 2.24) is 0 Å². The van der Waals surface area contributed by atoms with E-state index in [2.05, 4.69) is 130 Å². The second-order valence-electron chi connectivity index (χ2n) is 11.3. The summed E-state index contributed by atoms with van der Waals surface area (Å²) in [5, 5.41) is 0. The topological polar surface area (TPSA) is 0 Å². The molecular formula is C34H44Zr. The van der Waals surface area contributed by atoms with Gasteiger partial charge in [-0.05, 0) is 24.0 Å². The van der Waals surface area contributed by atoms with Crippen LogP contribution in [0.3, 0.4) is 0 Å². The molecule has 0 spiro atoms. The van der Waals surface area contributed by atoms with Crippen LogP contribution in [0.4, 0.5) is 0 Å². The molecule has 0 unspecified atom stereocenters. The molecule has 0 heterocycles. The maximum atomic E-state index is 2.43. The minimum Gasteiger partial charge on any atom is -0.0622 e. The predicted molar refractivity (Wildman–Crippen MR) is 150 cm³/mol. The van der Waals surface area contributed by atoms with Gasteiger partial charge in [-0.25, -0.2) is 0 Å². The fourth-order valence-corrected chi connectivity index (χ4v) is 10.3. The van der Waals surface area contributed by atoms with E-state index in [-0.39, 0.29) is 10.8 Å². The zero-order valence-electron chi connectivity index (χ0n) is 23.7. The van der Waals surface area contributed by atoms with Crippen molar-refractivity contribution in [1.29, 1.82) is 0 Å². The van der Waals surface area contributed by atoms with Crippen molar-refractivity contribution in [3.8, 4) is 0 Å². The molecule has 2 aliphatic carbocycles. The number of allylic oxidation sites excluding steroid dienone is 8. The van der Waals surface area contributed by atoms with Gasteiger partial charge >= 0.3 is 143 Å². The Labute approximate surface area is 226 Å². The smallest absolute Gasteiger partial charge is 0.0238 e. The van der Waals surface area contributed by atoms with Crippen LogP contribution in [0, 0.1) is 10.8 Å². The van der Waals surface area contributed by atoms with Crippen LogP contribution in [0.2, 0.25) is 0 Å². The third-order valence-corrected chi connectivity index (χ3v) is 14.9. The summed E-state index contributed by atoms with van der Waals surface area (Å²) in [4.78, 5) is 0. The standard InChI is InChI=1S/C14H14.2C10H15.Zr/c1-3-7-13(8-4-1)11-12-14-9-5-2-6-10-14;2*1-7-6-10(4,5)9(3)8(7)2;/h1-10H,11-12H2;2*1-5H3;. The van der Waals surface area contributed by atoms with Gasteiger partial charge in [0.1, 0.15) is 0 Å². The largest absolute Gasteiger partial charge is 0.0622 e. The second-order valence-corrected chi connectivity index (χ2v) is 14.4. The first kappa shape index (κ1) is 27.9. The van der Waals surface area contributed by atoms with Crippen LogP contribution in [0.25, 0.3) is 0 Å². The van der Waals surface area contributed by atoms with Crippen molar-refractivity contribution in [3.63, 3.8) is 0 Å². The van der Waals surface area contributed by atoms with E-state index in [1.165, 1.54) is 11.1 Å². The molecule has 0 fully saturated rings. The minimum absolute atomic E-state index is 0.286. The van der Waals surface area contributed by atoms with Crippen molar-refractivity contribution in [2.75, 3.05) is 0 Å². The van der Waals surface area contributed by atoms with Crippen LogP contribution >= 0.6 is 0 Å². The van der Waals surface area contributed by atoms with Crippen molar-refractivity contribution < 1.29 is 23.2 Å². The SMILES string of the molecule is CC1=C(C)C(C)(C)[C]([Zr][C]2=C(C)C(C)=C(C)C2(C)C)=C1C.c1ccc(CCc2ccccc2)cc1. The Hall–Kier alpha value is -1.72. The summed E-state index contributed by atoms with van der Waals surface area (Å²) >= 11 is -0.730. The normalized spacial score (nSPS) is 18.8. The van der Waals surface area contributed by atoms with Gasteiger partial charge in [-0.2, -0.15) is 0 Å². The predicted octanol–water partition coefficient (Wildman–Crippen LogP) is 9.84. The Morgan fingerprint density at radius 1 is 0.486 bits per heavy atom. The summed E-state index contributed by atoms with van der Waals surface area (Å²) in [6.07, 6.45) is 2.26. The fraction of sp³-hybridized carbons (Fsp3) is 0.412. The van der Waals surface area contributed by atoms with E-state index in [1.807, 2.05) is 0 Å². The van der Waals surface area contributed by atoms with E-state index < -0.39 is 23.2 Å². The molecule has 0 aromatic heterocycles. The van der Waals surface area contributed by atoms with Gasteiger partial charge in [0.15, 0.2) is 0 Å². The summed E-state index contributed by atoms with van der Waals surface area (Å²) in [5.41, 5.74) is 12.9. The molecule has 0 nitrogen and oxygen atoms in total. The van der Waals surface area contributed by atoms with Gasteiger partial charge in [-0.15, -0.1) is 0 Å². The maximum absolute atomic E-state index is 2.43. The average Bonchev–Trinajstić information content (AvgIpc) is 3.09. The molecule has 2 aromatic rings. The number of hydrogen-bond donors (Lipinski definition) is 0.